The summed E-state index contributed by atoms with van der Waals surface area (Å²) in [5, 5.41) is 0. The first-order valence-electron chi connectivity index (χ1n) is 6.58. The van der Waals surface area contributed by atoms with Crippen LogP contribution in [0, 0.1) is 0 Å². The van der Waals surface area contributed by atoms with Gasteiger partial charge in [-0.25, -0.2) is 0 Å². The van der Waals surface area contributed by atoms with Crippen LogP contribution in [0.2, 0.25) is 0 Å². The molecule has 0 unspecified atom stereocenters. The SMILES string of the molecule is CCN(Cc1ccccn1)C(=O)c1ccc(CN)cn1. The van der Waals surface area contributed by atoms with E-state index in [0.717, 1.165) is 11.3 Å². The number of carbonyl (C=O) groups is 1. The summed E-state index contributed by atoms with van der Waals surface area (Å²) in [6.07, 6.45) is 3.36. The fourth-order valence-corrected chi connectivity index (χ4v) is 1.85. The van der Waals surface area contributed by atoms with E-state index in [0.29, 0.717) is 25.3 Å². The second-order valence-corrected chi connectivity index (χ2v) is 4.40. The first-order chi connectivity index (χ1) is 9.74. The molecule has 20 heavy (non-hydrogen) atoms. The second kappa shape index (κ2) is 6.77. The third-order valence-corrected chi connectivity index (χ3v) is 3.03. The standard InChI is InChI=1S/C15H18N4O/c1-2-19(11-13-5-3-4-8-17-13)15(20)14-7-6-12(9-16)10-18-14/h3-8,10H,2,9,11,16H2,1H3. The van der Waals surface area contributed by atoms with Crippen molar-refractivity contribution in [1.82, 2.24) is 14.9 Å². The minimum Gasteiger partial charge on any atom is -0.332 e. The molecule has 2 rings (SSSR count). The molecular formula is C15H18N4O. The van der Waals surface area contributed by atoms with Gasteiger partial charge in [0.25, 0.3) is 5.91 Å². The van der Waals surface area contributed by atoms with Gasteiger partial charge >= 0.3 is 0 Å². The van der Waals surface area contributed by atoms with Crippen molar-refractivity contribution in [2.24, 2.45) is 5.73 Å². The highest BCUT2D eigenvalue weighted by Crippen LogP contribution is 2.07. The second-order valence-electron chi connectivity index (χ2n) is 4.40. The van der Waals surface area contributed by atoms with Gasteiger partial charge in [-0.2, -0.15) is 0 Å². The Morgan fingerprint density at radius 3 is 2.65 bits per heavy atom. The van der Waals surface area contributed by atoms with Crippen LogP contribution in [0.1, 0.15) is 28.7 Å². The maximum absolute atomic E-state index is 12.4. The molecule has 2 heterocycles. The average Bonchev–Trinajstić information content (AvgIpc) is 2.53. The Hall–Kier alpha value is -2.27. The van der Waals surface area contributed by atoms with Crippen LogP contribution in [0.4, 0.5) is 0 Å². The van der Waals surface area contributed by atoms with Crippen molar-refractivity contribution >= 4 is 5.91 Å². The minimum absolute atomic E-state index is 0.0956. The van der Waals surface area contributed by atoms with Gasteiger partial charge in [-0.15, -0.1) is 0 Å². The van der Waals surface area contributed by atoms with Crippen LogP contribution in [0.3, 0.4) is 0 Å². The summed E-state index contributed by atoms with van der Waals surface area (Å²) >= 11 is 0. The van der Waals surface area contributed by atoms with Gasteiger partial charge in [-0.05, 0) is 30.7 Å². The first-order valence-corrected chi connectivity index (χ1v) is 6.58. The Morgan fingerprint density at radius 2 is 2.10 bits per heavy atom. The summed E-state index contributed by atoms with van der Waals surface area (Å²) < 4.78 is 0. The maximum Gasteiger partial charge on any atom is 0.272 e. The van der Waals surface area contributed by atoms with Crippen LogP contribution in [-0.2, 0) is 13.1 Å². The molecule has 0 fully saturated rings. The zero-order valence-electron chi connectivity index (χ0n) is 11.5. The van der Waals surface area contributed by atoms with Crippen LogP contribution in [0.25, 0.3) is 0 Å². The summed E-state index contributed by atoms with van der Waals surface area (Å²) in [6.45, 7) is 3.45. The molecule has 2 N–H and O–H groups in total. The number of nitrogens with two attached hydrogens (primary N) is 1. The van der Waals surface area contributed by atoms with Crippen LogP contribution in [-0.4, -0.2) is 27.3 Å². The number of nitrogens with zero attached hydrogens (tertiary/aromatic N) is 3. The third kappa shape index (κ3) is 3.39. The van der Waals surface area contributed by atoms with Gasteiger partial charge in [0.15, 0.2) is 0 Å². The summed E-state index contributed by atoms with van der Waals surface area (Å²) in [5.41, 5.74) is 7.72. The Labute approximate surface area is 118 Å². The highest BCUT2D eigenvalue weighted by Gasteiger charge is 2.16. The zero-order chi connectivity index (χ0) is 14.4. The van der Waals surface area contributed by atoms with Crippen molar-refractivity contribution < 1.29 is 4.79 Å². The van der Waals surface area contributed by atoms with Gasteiger partial charge < -0.3 is 10.6 Å². The Kier molecular flexibility index (Phi) is 4.79. The lowest BCUT2D eigenvalue weighted by molar-refractivity contribution is 0.0744. The van der Waals surface area contributed by atoms with Gasteiger partial charge in [-0.3, -0.25) is 14.8 Å². The van der Waals surface area contributed by atoms with Crippen molar-refractivity contribution in [2.75, 3.05) is 6.54 Å². The van der Waals surface area contributed by atoms with E-state index in [2.05, 4.69) is 9.97 Å². The van der Waals surface area contributed by atoms with Crippen LogP contribution in [0.15, 0.2) is 42.7 Å². The molecule has 104 valence electrons. The molecule has 0 aliphatic rings. The zero-order valence-corrected chi connectivity index (χ0v) is 11.5. The van der Waals surface area contributed by atoms with E-state index in [1.54, 1.807) is 23.4 Å². The van der Waals surface area contributed by atoms with Crippen LogP contribution in [0.5, 0.6) is 0 Å². The number of rotatable bonds is 5. The monoisotopic (exact) mass is 270 g/mol. The van der Waals surface area contributed by atoms with Crippen molar-refractivity contribution in [3.05, 3.63) is 59.7 Å². The summed E-state index contributed by atoms with van der Waals surface area (Å²) in [5.74, 6) is -0.0956. The predicted octanol–water partition coefficient (Wildman–Crippen LogP) is 1.60. The molecule has 0 saturated heterocycles. The fourth-order valence-electron chi connectivity index (χ4n) is 1.85. The molecule has 0 aliphatic carbocycles. The number of carbonyl (C=O) groups excluding carboxylic acids is 1. The van der Waals surface area contributed by atoms with Gasteiger partial charge in [0.2, 0.25) is 0 Å². The molecule has 0 aliphatic heterocycles. The van der Waals surface area contributed by atoms with Gasteiger partial charge in [-0.1, -0.05) is 12.1 Å². The number of amides is 1. The molecule has 2 aromatic heterocycles. The van der Waals surface area contributed by atoms with E-state index in [4.69, 9.17) is 5.73 Å². The molecule has 0 atom stereocenters. The fraction of sp³-hybridized carbons (Fsp3) is 0.267. The predicted molar refractivity (Wildman–Crippen MR) is 76.8 cm³/mol. The van der Waals surface area contributed by atoms with E-state index < -0.39 is 0 Å². The smallest absolute Gasteiger partial charge is 0.272 e. The van der Waals surface area contributed by atoms with Crippen molar-refractivity contribution in [2.45, 2.75) is 20.0 Å². The van der Waals surface area contributed by atoms with Gasteiger partial charge in [0, 0.05) is 25.5 Å². The van der Waals surface area contributed by atoms with Crippen molar-refractivity contribution in [3.63, 3.8) is 0 Å². The number of hydrogen-bond donors (Lipinski definition) is 1. The molecule has 5 heteroatoms. The van der Waals surface area contributed by atoms with Crippen LogP contribution >= 0.6 is 0 Å². The highest BCUT2D eigenvalue weighted by molar-refractivity contribution is 5.92. The molecule has 0 aromatic carbocycles. The van der Waals surface area contributed by atoms with E-state index in [9.17, 15) is 4.79 Å². The van der Waals surface area contributed by atoms with Crippen molar-refractivity contribution in [3.8, 4) is 0 Å². The Morgan fingerprint density at radius 1 is 1.25 bits per heavy atom. The van der Waals surface area contributed by atoms with Crippen molar-refractivity contribution in [1.29, 1.82) is 0 Å². The molecular weight excluding hydrogens is 252 g/mol. The lowest BCUT2D eigenvalue weighted by atomic mass is 10.2. The number of aromatic nitrogens is 2. The third-order valence-electron chi connectivity index (χ3n) is 3.03. The Bertz CT molecular complexity index is 554. The maximum atomic E-state index is 12.4. The molecule has 2 aromatic rings. The van der Waals surface area contributed by atoms with E-state index in [1.165, 1.54) is 0 Å². The number of hydrogen-bond acceptors (Lipinski definition) is 4. The lowest BCUT2D eigenvalue weighted by Crippen LogP contribution is -2.31. The van der Waals surface area contributed by atoms with E-state index in [-0.39, 0.29) is 5.91 Å². The number of pyridine rings is 2. The van der Waals surface area contributed by atoms with Crippen LogP contribution < -0.4 is 5.73 Å². The van der Waals surface area contributed by atoms with E-state index in [1.807, 2.05) is 31.2 Å². The molecule has 1 amide bonds. The summed E-state index contributed by atoms with van der Waals surface area (Å²) in [7, 11) is 0. The first kappa shape index (κ1) is 14.1. The molecule has 0 bridgehead atoms. The van der Waals surface area contributed by atoms with Gasteiger partial charge in [0.1, 0.15) is 5.69 Å². The molecule has 0 radical (unpaired) electrons. The molecule has 0 spiro atoms. The normalized spacial score (nSPS) is 10.3. The molecule has 5 nitrogen and oxygen atoms in total. The summed E-state index contributed by atoms with van der Waals surface area (Å²) in [6, 6.07) is 9.21. The Balaban J connectivity index is 2.12. The average molecular weight is 270 g/mol. The highest BCUT2D eigenvalue weighted by atomic mass is 16.2. The van der Waals surface area contributed by atoms with Gasteiger partial charge in [0.05, 0.1) is 12.2 Å². The molecule has 0 saturated carbocycles. The topological polar surface area (TPSA) is 72.1 Å². The summed E-state index contributed by atoms with van der Waals surface area (Å²) in [4.78, 5) is 22.5. The minimum atomic E-state index is -0.0956. The lowest BCUT2D eigenvalue weighted by Gasteiger charge is -2.20. The van der Waals surface area contributed by atoms with E-state index >= 15 is 0 Å². The largest absolute Gasteiger partial charge is 0.332 e. The quantitative estimate of drug-likeness (QED) is 0.895.